The minimum Gasteiger partial charge on any atom is -0.381 e. The quantitative estimate of drug-likeness (QED) is 0.864. The van der Waals surface area contributed by atoms with E-state index in [2.05, 4.69) is 43.4 Å². The Balaban J connectivity index is 1.94. The molecule has 0 saturated carbocycles. The highest BCUT2D eigenvalue weighted by molar-refractivity contribution is 5.22. The molecule has 0 spiro atoms. The Kier molecular flexibility index (Phi) is 5.21. The fraction of sp³-hybridized carbons (Fsp3) is 0.625. The van der Waals surface area contributed by atoms with E-state index in [1.54, 1.807) is 0 Å². The van der Waals surface area contributed by atoms with Gasteiger partial charge in [-0.3, -0.25) is 0 Å². The standard InChI is InChI=1S/C16H25NO/c1-3-9-17-16-8-10-18-12-15(16)11-14-6-4-13(2)5-7-14/h4-7,15-17H,3,8-12H2,1-2H3. The summed E-state index contributed by atoms with van der Waals surface area (Å²) in [4.78, 5) is 0. The zero-order valence-electron chi connectivity index (χ0n) is 11.6. The maximum absolute atomic E-state index is 5.65. The SMILES string of the molecule is CCCNC1CCOCC1Cc1ccc(C)cc1. The smallest absolute Gasteiger partial charge is 0.0512 e. The van der Waals surface area contributed by atoms with Crippen molar-refractivity contribution in [2.24, 2.45) is 5.92 Å². The average Bonchev–Trinajstić information content (AvgIpc) is 2.40. The van der Waals surface area contributed by atoms with Crippen LogP contribution >= 0.6 is 0 Å². The molecular weight excluding hydrogens is 222 g/mol. The van der Waals surface area contributed by atoms with E-state index in [4.69, 9.17) is 4.74 Å². The van der Waals surface area contributed by atoms with Crippen LogP contribution in [0.2, 0.25) is 0 Å². The lowest BCUT2D eigenvalue weighted by Gasteiger charge is -2.32. The second kappa shape index (κ2) is 6.91. The summed E-state index contributed by atoms with van der Waals surface area (Å²) in [5.74, 6) is 0.619. The van der Waals surface area contributed by atoms with Crippen LogP contribution in [0.1, 0.15) is 30.9 Å². The number of hydrogen-bond acceptors (Lipinski definition) is 2. The molecule has 0 aromatic heterocycles. The van der Waals surface area contributed by atoms with E-state index in [-0.39, 0.29) is 0 Å². The molecule has 1 N–H and O–H groups in total. The molecule has 1 aromatic rings. The van der Waals surface area contributed by atoms with Crippen molar-refractivity contribution in [1.29, 1.82) is 0 Å². The predicted molar refractivity (Wildman–Crippen MR) is 75.9 cm³/mol. The summed E-state index contributed by atoms with van der Waals surface area (Å²) < 4.78 is 5.65. The monoisotopic (exact) mass is 247 g/mol. The molecule has 0 amide bonds. The molecule has 2 atom stereocenters. The lowest BCUT2D eigenvalue weighted by atomic mass is 9.89. The fourth-order valence-electron chi connectivity index (χ4n) is 2.62. The molecule has 1 aromatic carbocycles. The van der Waals surface area contributed by atoms with E-state index in [0.29, 0.717) is 12.0 Å². The number of aryl methyl sites for hydroxylation is 1. The molecule has 1 heterocycles. The first-order chi connectivity index (χ1) is 8.79. The number of hydrogen-bond donors (Lipinski definition) is 1. The first kappa shape index (κ1) is 13.6. The highest BCUT2D eigenvalue weighted by Gasteiger charge is 2.25. The molecule has 1 fully saturated rings. The first-order valence-corrected chi connectivity index (χ1v) is 7.16. The number of nitrogens with one attached hydrogen (secondary N) is 1. The normalized spacial score (nSPS) is 24.1. The van der Waals surface area contributed by atoms with Gasteiger partial charge < -0.3 is 10.1 Å². The third-order valence-electron chi connectivity index (χ3n) is 3.75. The molecule has 0 radical (unpaired) electrons. The van der Waals surface area contributed by atoms with Gasteiger partial charge in [-0.25, -0.2) is 0 Å². The van der Waals surface area contributed by atoms with Gasteiger partial charge in [-0.15, -0.1) is 0 Å². The van der Waals surface area contributed by atoms with Gasteiger partial charge in [-0.1, -0.05) is 36.8 Å². The van der Waals surface area contributed by atoms with E-state index >= 15 is 0 Å². The van der Waals surface area contributed by atoms with E-state index in [9.17, 15) is 0 Å². The first-order valence-electron chi connectivity index (χ1n) is 7.16. The summed E-state index contributed by atoms with van der Waals surface area (Å²) in [6.07, 6.45) is 3.48. The van der Waals surface area contributed by atoms with Gasteiger partial charge in [0.05, 0.1) is 6.61 Å². The predicted octanol–water partition coefficient (Wildman–Crippen LogP) is 2.94. The van der Waals surface area contributed by atoms with Gasteiger partial charge >= 0.3 is 0 Å². The highest BCUT2D eigenvalue weighted by atomic mass is 16.5. The molecule has 2 nitrogen and oxygen atoms in total. The summed E-state index contributed by atoms with van der Waals surface area (Å²) >= 11 is 0. The fourth-order valence-corrected chi connectivity index (χ4v) is 2.62. The number of ether oxygens (including phenoxy) is 1. The zero-order chi connectivity index (χ0) is 12.8. The molecule has 2 heteroatoms. The molecule has 18 heavy (non-hydrogen) atoms. The Morgan fingerprint density at radius 2 is 2.06 bits per heavy atom. The topological polar surface area (TPSA) is 21.3 Å². The lowest BCUT2D eigenvalue weighted by Crippen LogP contribution is -2.43. The Bertz CT molecular complexity index is 347. The van der Waals surface area contributed by atoms with Crippen LogP contribution in [0, 0.1) is 12.8 Å². The molecule has 1 aliphatic heterocycles. The number of benzene rings is 1. The third kappa shape index (κ3) is 3.82. The minimum absolute atomic E-state index is 0.619. The Morgan fingerprint density at radius 1 is 1.28 bits per heavy atom. The van der Waals surface area contributed by atoms with Crippen molar-refractivity contribution in [3.05, 3.63) is 35.4 Å². The van der Waals surface area contributed by atoms with Crippen molar-refractivity contribution in [3.8, 4) is 0 Å². The van der Waals surface area contributed by atoms with Crippen LogP contribution in [0.25, 0.3) is 0 Å². The Hall–Kier alpha value is -0.860. The van der Waals surface area contributed by atoms with Crippen LogP contribution < -0.4 is 5.32 Å². The van der Waals surface area contributed by atoms with E-state index in [1.807, 2.05) is 0 Å². The van der Waals surface area contributed by atoms with Gasteiger partial charge in [0.25, 0.3) is 0 Å². The van der Waals surface area contributed by atoms with Gasteiger partial charge in [-0.05, 0) is 38.3 Å². The van der Waals surface area contributed by atoms with Crippen LogP contribution in [0.3, 0.4) is 0 Å². The summed E-state index contributed by atoms with van der Waals surface area (Å²) in [7, 11) is 0. The summed E-state index contributed by atoms with van der Waals surface area (Å²) in [5.41, 5.74) is 2.76. The van der Waals surface area contributed by atoms with Crippen molar-refractivity contribution in [3.63, 3.8) is 0 Å². The minimum atomic E-state index is 0.619. The van der Waals surface area contributed by atoms with Crippen molar-refractivity contribution < 1.29 is 4.74 Å². The van der Waals surface area contributed by atoms with Gasteiger partial charge in [0.15, 0.2) is 0 Å². The average molecular weight is 247 g/mol. The van der Waals surface area contributed by atoms with E-state index in [1.165, 1.54) is 17.5 Å². The van der Waals surface area contributed by atoms with E-state index < -0.39 is 0 Å². The second-order valence-electron chi connectivity index (χ2n) is 5.37. The largest absolute Gasteiger partial charge is 0.381 e. The molecule has 0 aliphatic carbocycles. The summed E-state index contributed by atoms with van der Waals surface area (Å²) in [6.45, 7) is 7.29. The van der Waals surface area contributed by atoms with Crippen LogP contribution in [-0.2, 0) is 11.2 Å². The lowest BCUT2D eigenvalue weighted by molar-refractivity contribution is 0.0323. The Labute approximate surface area is 111 Å². The van der Waals surface area contributed by atoms with Crippen molar-refractivity contribution in [2.75, 3.05) is 19.8 Å². The van der Waals surface area contributed by atoms with Gasteiger partial charge in [0.1, 0.15) is 0 Å². The van der Waals surface area contributed by atoms with Crippen molar-refractivity contribution >= 4 is 0 Å². The Morgan fingerprint density at radius 3 is 2.78 bits per heavy atom. The zero-order valence-corrected chi connectivity index (χ0v) is 11.6. The molecule has 1 saturated heterocycles. The molecule has 2 unspecified atom stereocenters. The van der Waals surface area contributed by atoms with Gasteiger partial charge in [0.2, 0.25) is 0 Å². The molecule has 2 rings (SSSR count). The van der Waals surface area contributed by atoms with Crippen LogP contribution in [0.5, 0.6) is 0 Å². The molecule has 1 aliphatic rings. The highest BCUT2D eigenvalue weighted by Crippen LogP contribution is 2.20. The number of rotatable bonds is 5. The van der Waals surface area contributed by atoms with E-state index in [0.717, 1.165) is 32.6 Å². The molecule has 0 bridgehead atoms. The summed E-state index contributed by atoms with van der Waals surface area (Å²) in [6, 6.07) is 9.53. The van der Waals surface area contributed by atoms with Gasteiger partial charge in [0, 0.05) is 18.6 Å². The van der Waals surface area contributed by atoms with Crippen LogP contribution in [-0.4, -0.2) is 25.8 Å². The van der Waals surface area contributed by atoms with Crippen molar-refractivity contribution in [1.82, 2.24) is 5.32 Å². The maximum atomic E-state index is 5.65. The summed E-state index contributed by atoms with van der Waals surface area (Å²) in [5, 5.41) is 3.67. The third-order valence-corrected chi connectivity index (χ3v) is 3.75. The second-order valence-corrected chi connectivity index (χ2v) is 5.37. The maximum Gasteiger partial charge on any atom is 0.0512 e. The van der Waals surface area contributed by atoms with Crippen molar-refractivity contribution in [2.45, 2.75) is 39.2 Å². The molecule has 100 valence electrons. The van der Waals surface area contributed by atoms with Gasteiger partial charge in [-0.2, -0.15) is 0 Å². The van der Waals surface area contributed by atoms with Crippen LogP contribution in [0.15, 0.2) is 24.3 Å². The molecular formula is C16H25NO. The van der Waals surface area contributed by atoms with Crippen LogP contribution in [0.4, 0.5) is 0 Å².